The minimum absolute atomic E-state index is 0.0378. The standard InChI is InChI=1S/C23H25N7/c1-16-9-18(12-25-11-16)17-3-2-4-19(10-17)23(13-24)5-7-30(8-6-23)22-20-21(27-14-26-20)28-15-29-22/h2-4,9-12,14-15H,5-8,13,24H2,1H3,(H,26,27,28,29). The van der Waals surface area contributed by atoms with Gasteiger partial charge in [-0.25, -0.2) is 15.0 Å². The number of hydrogen-bond donors (Lipinski definition) is 2. The van der Waals surface area contributed by atoms with Gasteiger partial charge in [0.15, 0.2) is 11.5 Å². The van der Waals surface area contributed by atoms with E-state index in [9.17, 15) is 0 Å². The largest absolute Gasteiger partial charge is 0.355 e. The zero-order valence-electron chi connectivity index (χ0n) is 17.0. The summed E-state index contributed by atoms with van der Waals surface area (Å²) in [5, 5.41) is 0. The summed E-state index contributed by atoms with van der Waals surface area (Å²) in [6.45, 7) is 4.47. The number of nitrogens with two attached hydrogens (primary N) is 1. The van der Waals surface area contributed by atoms with E-state index in [4.69, 9.17) is 5.73 Å². The molecule has 30 heavy (non-hydrogen) atoms. The van der Waals surface area contributed by atoms with E-state index in [0.29, 0.717) is 12.2 Å². The Morgan fingerprint density at radius 2 is 1.93 bits per heavy atom. The summed E-state index contributed by atoms with van der Waals surface area (Å²) in [5.74, 6) is 0.919. The molecule has 1 aliphatic heterocycles. The van der Waals surface area contributed by atoms with Crippen LogP contribution >= 0.6 is 0 Å². The summed E-state index contributed by atoms with van der Waals surface area (Å²) in [5.41, 5.74) is 12.7. The van der Waals surface area contributed by atoms with E-state index in [2.05, 4.69) is 67.1 Å². The number of fused-ring (bicyclic) bond motifs is 1. The van der Waals surface area contributed by atoms with Crippen molar-refractivity contribution in [1.82, 2.24) is 24.9 Å². The zero-order chi connectivity index (χ0) is 20.6. The van der Waals surface area contributed by atoms with Crippen LogP contribution in [0.15, 0.2) is 55.4 Å². The highest BCUT2D eigenvalue weighted by atomic mass is 15.2. The predicted molar refractivity (Wildman–Crippen MR) is 118 cm³/mol. The first-order valence-electron chi connectivity index (χ1n) is 10.3. The van der Waals surface area contributed by atoms with Gasteiger partial charge in [0, 0.05) is 43.0 Å². The summed E-state index contributed by atoms with van der Waals surface area (Å²) >= 11 is 0. The lowest BCUT2D eigenvalue weighted by Gasteiger charge is -2.42. The number of anilines is 1. The zero-order valence-corrected chi connectivity index (χ0v) is 17.0. The van der Waals surface area contributed by atoms with Gasteiger partial charge in [-0.2, -0.15) is 0 Å². The van der Waals surface area contributed by atoms with Gasteiger partial charge in [0.05, 0.1) is 6.33 Å². The smallest absolute Gasteiger partial charge is 0.182 e. The summed E-state index contributed by atoms with van der Waals surface area (Å²) < 4.78 is 0. The predicted octanol–water partition coefficient (Wildman–Crippen LogP) is 3.22. The molecule has 4 heterocycles. The molecule has 7 heteroatoms. The minimum Gasteiger partial charge on any atom is -0.355 e. The fourth-order valence-electron chi connectivity index (χ4n) is 4.49. The number of imidazole rings is 1. The van der Waals surface area contributed by atoms with Crippen molar-refractivity contribution < 1.29 is 0 Å². The van der Waals surface area contributed by atoms with E-state index in [1.54, 1.807) is 12.7 Å². The Hall–Kier alpha value is -3.32. The summed E-state index contributed by atoms with van der Waals surface area (Å²) in [6, 6.07) is 11.0. The van der Waals surface area contributed by atoms with Crippen molar-refractivity contribution in [3.05, 3.63) is 66.5 Å². The number of pyridine rings is 1. The molecule has 0 amide bonds. The summed E-state index contributed by atoms with van der Waals surface area (Å²) in [4.78, 5) is 22.8. The second-order valence-corrected chi connectivity index (χ2v) is 8.10. The van der Waals surface area contributed by atoms with Gasteiger partial charge < -0.3 is 15.6 Å². The third-order valence-electron chi connectivity index (χ3n) is 6.30. The monoisotopic (exact) mass is 399 g/mol. The number of aryl methyl sites for hydroxylation is 1. The molecule has 4 aromatic rings. The first-order chi connectivity index (χ1) is 14.7. The lowest BCUT2D eigenvalue weighted by atomic mass is 9.72. The molecule has 1 saturated heterocycles. The van der Waals surface area contributed by atoms with Gasteiger partial charge >= 0.3 is 0 Å². The Balaban J connectivity index is 1.42. The normalized spacial score (nSPS) is 16.1. The van der Waals surface area contributed by atoms with Gasteiger partial charge in [-0.3, -0.25) is 4.98 Å². The molecular weight excluding hydrogens is 374 g/mol. The topological polar surface area (TPSA) is 96.6 Å². The maximum absolute atomic E-state index is 6.37. The van der Waals surface area contributed by atoms with Gasteiger partial charge in [-0.1, -0.05) is 24.3 Å². The van der Waals surface area contributed by atoms with Crippen molar-refractivity contribution in [2.45, 2.75) is 25.2 Å². The van der Waals surface area contributed by atoms with Crippen molar-refractivity contribution in [2.75, 3.05) is 24.5 Å². The Morgan fingerprint density at radius 1 is 1.07 bits per heavy atom. The second kappa shape index (κ2) is 7.50. The average Bonchev–Trinajstić information content (AvgIpc) is 3.28. The molecule has 1 fully saturated rings. The van der Waals surface area contributed by atoms with E-state index in [0.717, 1.165) is 48.4 Å². The molecule has 0 spiro atoms. The lowest BCUT2D eigenvalue weighted by molar-refractivity contribution is 0.339. The first kappa shape index (κ1) is 18.7. The second-order valence-electron chi connectivity index (χ2n) is 8.10. The highest BCUT2D eigenvalue weighted by Gasteiger charge is 2.36. The van der Waals surface area contributed by atoms with E-state index in [1.165, 1.54) is 11.1 Å². The summed E-state index contributed by atoms with van der Waals surface area (Å²) in [6.07, 6.45) is 9.01. The number of benzene rings is 1. The van der Waals surface area contributed by atoms with Gasteiger partial charge in [-0.15, -0.1) is 0 Å². The highest BCUT2D eigenvalue weighted by Crippen LogP contribution is 2.38. The fourth-order valence-corrected chi connectivity index (χ4v) is 4.49. The number of hydrogen-bond acceptors (Lipinski definition) is 6. The van der Waals surface area contributed by atoms with Crippen LogP contribution in [0.3, 0.4) is 0 Å². The van der Waals surface area contributed by atoms with Crippen LogP contribution in [0.5, 0.6) is 0 Å². The van der Waals surface area contributed by atoms with Crippen LogP contribution in [0, 0.1) is 6.92 Å². The van der Waals surface area contributed by atoms with Crippen LogP contribution in [0.2, 0.25) is 0 Å². The van der Waals surface area contributed by atoms with Crippen LogP contribution in [0.25, 0.3) is 22.3 Å². The summed E-state index contributed by atoms with van der Waals surface area (Å²) in [7, 11) is 0. The number of piperidine rings is 1. The van der Waals surface area contributed by atoms with E-state index < -0.39 is 0 Å². The average molecular weight is 400 g/mol. The van der Waals surface area contributed by atoms with Crippen molar-refractivity contribution >= 4 is 17.0 Å². The maximum atomic E-state index is 6.37. The van der Waals surface area contributed by atoms with Crippen LogP contribution in [0.1, 0.15) is 24.0 Å². The molecular formula is C23H25N7. The molecule has 3 aromatic heterocycles. The molecule has 0 aliphatic carbocycles. The Kier molecular flexibility index (Phi) is 4.67. The van der Waals surface area contributed by atoms with Crippen molar-refractivity contribution in [2.24, 2.45) is 5.73 Å². The quantitative estimate of drug-likeness (QED) is 0.547. The van der Waals surface area contributed by atoms with Gasteiger partial charge in [0.1, 0.15) is 11.8 Å². The van der Waals surface area contributed by atoms with Gasteiger partial charge in [-0.05, 0) is 42.5 Å². The molecule has 3 N–H and O–H groups in total. The van der Waals surface area contributed by atoms with Crippen molar-refractivity contribution in [1.29, 1.82) is 0 Å². The molecule has 0 radical (unpaired) electrons. The van der Waals surface area contributed by atoms with Crippen molar-refractivity contribution in [3.63, 3.8) is 0 Å². The number of nitrogens with zero attached hydrogens (tertiary/aromatic N) is 5. The number of H-pyrrole nitrogens is 1. The fraction of sp³-hybridized carbons (Fsp3) is 0.304. The van der Waals surface area contributed by atoms with E-state index in [-0.39, 0.29) is 5.41 Å². The van der Waals surface area contributed by atoms with Gasteiger partial charge in [0.2, 0.25) is 0 Å². The van der Waals surface area contributed by atoms with Crippen LogP contribution < -0.4 is 10.6 Å². The molecule has 1 aliphatic rings. The number of aromatic amines is 1. The Morgan fingerprint density at radius 3 is 2.73 bits per heavy atom. The minimum atomic E-state index is -0.0378. The Bertz CT molecular complexity index is 1170. The number of rotatable bonds is 4. The van der Waals surface area contributed by atoms with E-state index in [1.807, 2.05) is 12.4 Å². The van der Waals surface area contributed by atoms with E-state index >= 15 is 0 Å². The molecule has 0 atom stereocenters. The number of nitrogens with one attached hydrogen (secondary N) is 1. The highest BCUT2D eigenvalue weighted by molar-refractivity contribution is 5.82. The maximum Gasteiger partial charge on any atom is 0.182 e. The van der Waals surface area contributed by atoms with Gasteiger partial charge in [0.25, 0.3) is 0 Å². The molecule has 0 bridgehead atoms. The van der Waals surface area contributed by atoms with Crippen LogP contribution in [-0.4, -0.2) is 44.6 Å². The third-order valence-corrected chi connectivity index (χ3v) is 6.30. The first-order valence-corrected chi connectivity index (χ1v) is 10.3. The lowest BCUT2D eigenvalue weighted by Crippen LogP contribution is -2.47. The van der Waals surface area contributed by atoms with Crippen LogP contribution in [0.4, 0.5) is 5.82 Å². The Labute approximate surface area is 175 Å². The molecule has 0 saturated carbocycles. The van der Waals surface area contributed by atoms with Crippen molar-refractivity contribution in [3.8, 4) is 11.1 Å². The molecule has 5 rings (SSSR count). The number of aromatic nitrogens is 5. The molecule has 0 unspecified atom stereocenters. The molecule has 7 nitrogen and oxygen atoms in total. The third kappa shape index (κ3) is 3.21. The SMILES string of the molecule is Cc1cncc(-c2cccc(C3(CN)CCN(c4ncnc5nc[nH]c45)CC3)c2)c1. The molecule has 152 valence electrons. The van der Waals surface area contributed by atoms with Crippen LogP contribution in [-0.2, 0) is 5.41 Å². The molecule has 1 aromatic carbocycles.